The van der Waals surface area contributed by atoms with Crippen LogP contribution >= 0.6 is 0 Å². The molecule has 0 bridgehead atoms. The second-order valence-corrected chi connectivity index (χ2v) is 6.73. The minimum atomic E-state index is 0.260. The fraction of sp³-hybridized carbons (Fsp3) is 0.944. The zero-order valence-corrected chi connectivity index (χ0v) is 15.5. The van der Waals surface area contributed by atoms with Gasteiger partial charge in [-0.25, -0.2) is 0 Å². The van der Waals surface area contributed by atoms with Crippen molar-refractivity contribution in [2.75, 3.05) is 39.8 Å². The fourth-order valence-corrected chi connectivity index (χ4v) is 3.36. The molecule has 0 saturated heterocycles. The maximum absolute atomic E-state index is 9.15. The number of nitrogens with one attached hydrogen (secondary N) is 2. The number of guanidine groups is 1. The molecule has 1 aliphatic carbocycles. The van der Waals surface area contributed by atoms with Crippen molar-refractivity contribution in [3.8, 4) is 0 Å². The number of hydrogen-bond donors (Lipinski definition) is 3. The highest BCUT2D eigenvalue weighted by Crippen LogP contribution is 2.21. The van der Waals surface area contributed by atoms with Crippen LogP contribution in [0.15, 0.2) is 4.99 Å². The lowest BCUT2D eigenvalue weighted by Gasteiger charge is -2.24. The molecule has 0 heterocycles. The van der Waals surface area contributed by atoms with Gasteiger partial charge in [-0.3, -0.25) is 4.99 Å². The quantitative estimate of drug-likeness (QED) is 0.402. The van der Waals surface area contributed by atoms with Gasteiger partial charge in [-0.15, -0.1) is 0 Å². The van der Waals surface area contributed by atoms with Crippen LogP contribution in [0, 0.1) is 5.92 Å². The number of aliphatic imine (C=N–C) groups is 1. The van der Waals surface area contributed by atoms with E-state index < -0.39 is 0 Å². The zero-order valence-electron chi connectivity index (χ0n) is 15.5. The molecule has 0 spiro atoms. The van der Waals surface area contributed by atoms with Crippen molar-refractivity contribution in [1.29, 1.82) is 0 Å². The predicted octanol–water partition coefficient (Wildman–Crippen LogP) is 2.21. The topological polar surface area (TPSA) is 59.9 Å². The molecule has 5 nitrogen and oxygen atoms in total. The molecule has 1 saturated carbocycles. The van der Waals surface area contributed by atoms with E-state index in [9.17, 15) is 0 Å². The SMILES string of the molecule is CCCC(CCO)CN=C(NCC)NCCN(C)C1CCCC1. The van der Waals surface area contributed by atoms with Crippen LogP contribution in [0.3, 0.4) is 0 Å². The lowest BCUT2D eigenvalue weighted by atomic mass is 10.0. The second-order valence-electron chi connectivity index (χ2n) is 6.73. The van der Waals surface area contributed by atoms with Crippen LogP contribution in [0.2, 0.25) is 0 Å². The third-order valence-corrected chi connectivity index (χ3v) is 4.79. The van der Waals surface area contributed by atoms with E-state index >= 15 is 0 Å². The average Bonchev–Trinajstić information content (AvgIpc) is 3.07. The summed E-state index contributed by atoms with van der Waals surface area (Å²) in [4.78, 5) is 7.19. The van der Waals surface area contributed by atoms with E-state index in [1.165, 1.54) is 25.7 Å². The molecule has 23 heavy (non-hydrogen) atoms. The fourth-order valence-electron chi connectivity index (χ4n) is 3.36. The van der Waals surface area contributed by atoms with Gasteiger partial charge in [0.05, 0.1) is 0 Å². The highest BCUT2D eigenvalue weighted by Gasteiger charge is 2.18. The molecule has 1 unspecified atom stereocenters. The molecule has 1 fully saturated rings. The van der Waals surface area contributed by atoms with Gasteiger partial charge in [-0.2, -0.15) is 0 Å². The van der Waals surface area contributed by atoms with Crippen molar-refractivity contribution in [3.05, 3.63) is 0 Å². The third-order valence-electron chi connectivity index (χ3n) is 4.79. The normalized spacial score (nSPS) is 17.7. The summed E-state index contributed by atoms with van der Waals surface area (Å²) >= 11 is 0. The predicted molar refractivity (Wildman–Crippen MR) is 99.0 cm³/mol. The summed E-state index contributed by atoms with van der Waals surface area (Å²) < 4.78 is 0. The molecule has 3 N–H and O–H groups in total. The maximum atomic E-state index is 9.15. The second kappa shape index (κ2) is 12.6. The van der Waals surface area contributed by atoms with Crippen molar-refractivity contribution in [2.24, 2.45) is 10.9 Å². The average molecular weight is 327 g/mol. The summed E-state index contributed by atoms with van der Waals surface area (Å²) in [7, 11) is 2.24. The van der Waals surface area contributed by atoms with E-state index in [1.807, 2.05) is 0 Å². The lowest BCUT2D eigenvalue weighted by molar-refractivity contribution is 0.249. The molecule has 0 aliphatic heterocycles. The van der Waals surface area contributed by atoms with Crippen molar-refractivity contribution in [2.45, 2.75) is 64.8 Å². The number of aliphatic hydroxyl groups is 1. The Morgan fingerprint density at radius 2 is 1.96 bits per heavy atom. The molecule has 0 radical (unpaired) electrons. The van der Waals surface area contributed by atoms with Gasteiger partial charge in [0.2, 0.25) is 0 Å². The van der Waals surface area contributed by atoms with Crippen molar-refractivity contribution in [3.63, 3.8) is 0 Å². The number of rotatable bonds is 11. The summed E-state index contributed by atoms with van der Waals surface area (Å²) in [5.74, 6) is 1.40. The van der Waals surface area contributed by atoms with E-state index in [2.05, 4.69) is 36.4 Å². The molecule has 0 aromatic carbocycles. The molecule has 1 atom stereocenters. The third kappa shape index (κ3) is 8.56. The van der Waals surface area contributed by atoms with E-state index in [0.717, 1.165) is 57.4 Å². The summed E-state index contributed by atoms with van der Waals surface area (Å²) in [6, 6.07) is 0.773. The lowest BCUT2D eigenvalue weighted by Crippen LogP contribution is -2.42. The number of aliphatic hydroxyl groups excluding tert-OH is 1. The minimum Gasteiger partial charge on any atom is -0.396 e. The Labute approximate surface area is 142 Å². The molecule has 136 valence electrons. The van der Waals surface area contributed by atoms with Gasteiger partial charge in [-0.05, 0) is 45.6 Å². The Balaban J connectivity index is 2.35. The number of nitrogens with zero attached hydrogens (tertiary/aromatic N) is 2. The minimum absolute atomic E-state index is 0.260. The zero-order chi connectivity index (χ0) is 16.9. The molecular weight excluding hydrogens is 288 g/mol. The van der Waals surface area contributed by atoms with Crippen molar-refractivity contribution in [1.82, 2.24) is 15.5 Å². The van der Waals surface area contributed by atoms with Gasteiger partial charge in [-0.1, -0.05) is 26.2 Å². The molecular formula is C18H38N4O. The Morgan fingerprint density at radius 3 is 2.57 bits per heavy atom. The Hall–Kier alpha value is -0.810. The Kier molecular flexibility index (Phi) is 11.1. The number of hydrogen-bond acceptors (Lipinski definition) is 3. The summed E-state index contributed by atoms with van der Waals surface area (Å²) in [6.45, 7) is 8.21. The van der Waals surface area contributed by atoms with Crippen LogP contribution in [-0.2, 0) is 0 Å². The molecule has 5 heteroatoms. The number of likely N-dealkylation sites (N-methyl/N-ethyl adjacent to an activating group) is 1. The van der Waals surface area contributed by atoms with E-state index in [4.69, 9.17) is 10.1 Å². The van der Waals surface area contributed by atoms with Crippen LogP contribution in [0.1, 0.15) is 58.8 Å². The van der Waals surface area contributed by atoms with Gasteiger partial charge in [0.1, 0.15) is 0 Å². The molecule has 0 amide bonds. The van der Waals surface area contributed by atoms with Gasteiger partial charge < -0.3 is 20.6 Å². The Morgan fingerprint density at radius 1 is 1.22 bits per heavy atom. The highest BCUT2D eigenvalue weighted by atomic mass is 16.3. The van der Waals surface area contributed by atoms with Crippen molar-refractivity contribution >= 4 is 5.96 Å². The molecule has 0 aromatic heterocycles. The summed E-state index contributed by atoms with van der Waals surface area (Å²) in [5.41, 5.74) is 0. The summed E-state index contributed by atoms with van der Waals surface area (Å²) in [6.07, 6.45) is 8.60. The van der Waals surface area contributed by atoms with Gasteiger partial charge in [0.25, 0.3) is 0 Å². The smallest absolute Gasteiger partial charge is 0.191 e. The van der Waals surface area contributed by atoms with Crippen LogP contribution in [-0.4, -0.2) is 61.8 Å². The monoisotopic (exact) mass is 326 g/mol. The van der Waals surface area contributed by atoms with Gasteiger partial charge >= 0.3 is 0 Å². The van der Waals surface area contributed by atoms with E-state index in [0.29, 0.717) is 5.92 Å². The first-order chi connectivity index (χ1) is 11.2. The van der Waals surface area contributed by atoms with Crippen LogP contribution in [0.25, 0.3) is 0 Å². The van der Waals surface area contributed by atoms with E-state index in [1.54, 1.807) is 0 Å². The van der Waals surface area contributed by atoms with Gasteiger partial charge in [0, 0.05) is 38.8 Å². The van der Waals surface area contributed by atoms with Crippen LogP contribution < -0.4 is 10.6 Å². The van der Waals surface area contributed by atoms with Crippen molar-refractivity contribution < 1.29 is 5.11 Å². The first kappa shape index (κ1) is 20.2. The largest absolute Gasteiger partial charge is 0.396 e. The van der Waals surface area contributed by atoms with Gasteiger partial charge in [0.15, 0.2) is 5.96 Å². The van der Waals surface area contributed by atoms with Crippen LogP contribution in [0.4, 0.5) is 0 Å². The Bertz CT molecular complexity index is 310. The maximum Gasteiger partial charge on any atom is 0.191 e. The first-order valence-corrected chi connectivity index (χ1v) is 9.54. The van der Waals surface area contributed by atoms with Crippen LogP contribution in [0.5, 0.6) is 0 Å². The molecule has 0 aromatic rings. The first-order valence-electron chi connectivity index (χ1n) is 9.54. The standard InChI is InChI=1S/C18H38N4O/c1-4-8-16(11-14-23)15-21-18(19-5-2)20-12-13-22(3)17-9-6-7-10-17/h16-17,23H,4-15H2,1-3H3,(H2,19,20,21). The van der Waals surface area contributed by atoms with E-state index in [-0.39, 0.29) is 6.61 Å². The highest BCUT2D eigenvalue weighted by molar-refractivity contribution is 5.79. The molecule has 1 rings (SSSR count). The molecule has 1 aliphatic rings. The summed E-state index contributed by atoms with van der Waals surface area (Å²) in [5, 5.41) is 15.9.